The summed E-state index contributed by atoms with van der Waals surface area (Å²) in [7, 11) is 0. The molecule has 1 rings (SSSR count). The highest BCUT2D eigenvalue weighted by Gasteiger charge is 1.96. The standard InChI is InChI=1S/C10H13NOS/c1-2-5-11-8-10(13)7-9-4-3-6-12-9/h3-6,8,13H,2,7H2,1H3/b10-8-,11-5?. The molecular formula is C10H13NOS. The molecule has 1 heterocycles. The van der Waals surface area contributed by atoms with Crippen molar-refractivity contribution >= 4 is 18.8 Å². The van der Waals surface area contributed by atoms with Crippen molar-refractivity contribution in [1.82, 2.24) is 0 Å². The number of allylic oxidation sites excluding steroid dienone is 1. The molecule has 0 aromatic carbocycles. The van der Waals surface area contributed by atoms with Gasteiger partial charge in [-0.2, -0.15) is 0 Å². The molecule has 0 saturated carbocycles. The zero-order valence-corrected chi connectivity index (χ0v) is 8.50. The molecule has 70 valence electrons. The van der Waals surface area contributed by atoms with Crippen LogP contribution in [0.1, 0.15) is 19.1 Å². The average Bonchev–Trinajstić information content (AvgIpc) is 2.57. The lowest BCUT2D eigenvalue weighted by atomic mass is 10.3. The molecule has 3 heteroatoms. The van der Waals surface area contributed by atoms with Gasteiger partial charge in [0.15, 0.2) is 0 Å². The van der Waals surface area contributed by atoms with Crippen molar-refractivity contribution in [2.24, 2.45) is 4.99 Å². The van der Waals surface area contributed by atoms with Gasteiger partial charge in [0.05, 0.1) is 6.26 Å². The van der Waals surface area contributed by atoms with E-state index in [4.69, 9.17) is 4.42 Å². The van der Waals surface area contributed by atoms with E-state index in [0.717, 1.165) is 17.1 Å². The van der Waals surface area contributed by atoms with Crippen LogP contribution in [0.4, 0.5) is 0 Å². The molecule has 0 atom stereocenters. The van der Waals surface area contributed by atoms with Crippen LogP contribution in [0.15, 0.2) is 38.9 Å². The van der Waals surface area contributed by atoms with Gasteiger partial charge in [0.2, 0.25) is 0 Å². The summed E-state index contributed by atoms with van der Waals surface area (Å²) in [4.78, 5) is 4.97. The molecule has 1 aromatic heterocycles. The summed E-state index contributed by atoms with van der Waals surface area (Å²) in [5.74, 6) is 0.910. The number of hydrogen-bond donors (Lipinski definition) is 1. The molecule has 0 bridgehead atoms. The minimum absolute atomic E-state index is 0.706. The number of hydrogen-bond acceptors (Lipinski definition) is 3. The van der Waals surface area contributed by atoms with Crippen molar-refractivity contribution < 1.29 is 4.42 Å². The summed E-state index contributed by atoms with van der Waals surface area (Å²) < 4.78 is 5.17. The van der Waals surface area contributed by atoms with Crippen molar-refractivity contribution in [1.29, 1.82) is 0 Å². The molecule has 13 heavy (non-hydrogen) atoms. The molecule has 0 aliphatic heterocycles. The van der Waals surface area contributed by atoms with E-state index in [9.17, 15) is 0 Å². The molecule has 2 nitrogen and oxygen atoms in total. The Hall–Kier alpha value is -0.960. The lowest BCUT2D eigenvalue weighted by molar-refractivity contribution is 0.522. The zero-order chi connectivity index (χ0) is 9.52. The first-order valence-corrected chi connectivity index (χ1v) is 4.69. The molecule has 0 aliphatic rings. The minimum Gasteiger partial charge on any atom is -0.469 e. The largest absolute Gasteiger partial charge is 0.469 e. The highest BCUT2D eigenvalue weighted by Crippen LogP contribution is 2.11. The van der Waals surface area contributed by atoms with E-state index >= 15 is 0 Å². The predicted molar refractivity (Wildman–Crippen MR) is 58.3 cm³/mol. The highest BCUT2D eigenvalue weighted by molar-refractivity contribution is 7.84. The average molecular weight is 195 g/mol. The van der Waals surface area contributed by atoms with Gasteiger partial charge < -0.3 is 4.42 Å². The Balaban J connectivity index is 2.45. The molecule has 0 amide bonds. The third-order valence-corrected chi connectivity index (χ3v) is 1.72. The Morgan fingerprint density at radius 1 is 1.69 bits per heavy atom. The molecule has 1 aromatic rings. The van der Waals surface area contributed by atoms with Gasteiger partial charge in [-0.25, -0.2) is 0 Å². The van der Waals surface area contributed by atoms with Crippen LogP contribution in [0.3, 0.4) is 0 Å². The Morgan fingerprint density at radius 2 is 2.54 bits per heavy atom. The van der Waals surface area contributed by atoms with Crippen LogP contribution in [-0.2, 0) is 6.42 Å². The maximum absolute atomic E-state index is 5.17. The van der Waals surface area contributed by atoms with Crippen LogP contribution >= 0.6 is 12.6 Å². The summed E-state index contributed by atoms with van der Waals surface area (Å²) in [6, 6.07) is 3.79. The van der Waals surface area contributed by atoms with E-state index < -0.39 is 0 Å². The number of nitrogens with zero attached hydrogens (tertiary/aromatic N) is 1. The maximum atomic E-state index is 5.17. The first kappa shape index (κ1) is 10.1. The Bertz CT molecular complexity index is 288. The third-order valence-electron chi connectivity index (χ3n) is 1.45. The molecule has 0 radical (unpaired) electrons. The van der Waals surface area contributed by atoms with Crippen molar-refractivity contribution in [3.8, 4) is 0 Å². The molecule has 0 unspecified atom stereocenters. The second-order valence-electron chi connectivity index (χ2n) is 2.62. The summed E-state index contributed by atoms with van der Waals surface area (Å²) in [6.45, 7) is 2.04. The second-order valence-corrected chi connectivity index (χ2v) is 3.19. The molecule has 0 N–H and O–H groups in total. The Kier molecular flexibility index (Phi) is 4.40. The smallest absolute Gasteiger partial charge is 0.108 e. The predicted octanol–water partition coefficient (Wildman–Crippen LogP) is 3.07. The summed E-state index contributed by atoms with van der Waals surface area (Å²) in [6.07, 6.45) is 6.90. The summed E-state index contributed by atoms with van der Waals surface area (Å²) in [5.41, 5.74) is 0. The second kappa shape index (κ2) is 5.65. The van der Waals surface area contributed by atoms with E-state index in [1.165, 1.54) is 0 Å². The lowest BCUT2D eigenvalue weighted by Gasteiger charge is -1.93. The quantitative estimate of drug-likeness (QED) is 0.579. The highest BCUT2D eigenvalue weighted by atomic mass is 32.1. The SMILES string of the molecule is CCC=N/C=C(\S)Cc1ccco1. The normalized spacial score (nSPS) is 12.6. The van der Waals surface area contributed by atoms with Gasteiger partial charge in [0, 0.05) is 23.7 Å². The van der Waals surface area contributed by atoms with Gasteiger partial charge in [-0.05, 0) is 18.6 Å². The topological polar surface area (TPSA) is 25.5 Å². The summed E-state index contributed by atoms with van der Waals surface area (Å²) >= 11 is 4.28. The lowest BCUT2D eigenvalue weighted by Crippen LogP contribution is -1.80. The van der Waals surface area contributed by atoms with Gasteiger partial charge in [-0.15, -0.1) is 12.6 Å². The first-order valence-electron chi connectivity index (χ1n) is 4.25. The maximum Gasteiger partial charge on any atom is 0.108 e. The van der Waals surface area contributed by atoms with Crippen LogP contribution in [0.5, 0.6) is 0 Å². The number of thiol groups is 1. The van der Waals surface area contributed by atoms with Crippen LogP contribution in [0.25, 0.3) is 0 Å². The van der Waals surface area contributed by atoms with Gasteiger partial charge in [-0.3, -0.25) is 4.99 Å². The number of rotatable bonds is 4. The molecule has 0 saturated heterocycles. The fraction of sp³-hybridized carbons (Fsp3) is 0.300. The van der Waals surface area contributed by atoms with Gasteiger partial charge in [0.25, 0.3) is 0 Å². The van der Waals surface area contributed by atoms with Crippen molar-refractivity contribution in [2.45, 2.75) is 19.8 Å². The van der Waals surface area contributed by atoms with Gasteiger partial charge >= 0.3 is 0 Å². The fourth-order valence-electron chi connectivity index (χ4n) is 0.881. The van der Waals surface area contributed by atoms with Crippen LogP contribution in [-0.4, -0.2) is 6.21 Å². The van der Waals surface area contributed by atoms with Gasteiger partial charge in [0.1, 0.15) is 5.76 Å². The van der Waals surface area contributed by atoms with Crippen LogP contribution < -0.4 is 0 Å². The van der Waals surface area contributed by atoms with Crippen LogP contribution in [0.2, 0.25) is 0 Å². The summed E-state index contributed by atoms with van der Waals surface area (Å²) in [5, 5.41) is 0. The molecule has 0 aliphatic carbocycles. The molecule has 0 fully saturated rings. The Morgan fingerprint density at radius 3 is 3.15 bits per heavy atom. The van der Waals surface area contributed by atoms with E-state index in [2.05, 4.69) is 17.6 Å². The number of aliphatic imine (C=N–C) groups is 1. The third kappa shape index (κ3) is 3.99. The van der Waals surface area contributed by atoms with E-state index in [-0.39, 0.29) is 0 Å². The first-order chi connectivity index (χ1) is 6.33. The van der Waals surface area contributed by atoms with Gasteiger partial charge in [-0.1, -0.05) is 6.92 Å². The molecule has 0 spiro atoms. The zero-order valence-electron chi connectivity index (χ0n) is 7.60. The number of furan rings is 1. The van der Waals surface area contributed by atoms with E-state index in [1.54, 1.807) is 12.5 Å². The van der Waals surface area contributed by atoms with E-state index in [0.29, 0.717) is 6.42 Å². The van der Waals surface area contributed by atoms with Crippen LogP contribution in [0, 0.1) is 0 Å². The van der Waals surface area contributed by atoms with Crippen molar-refractivity contribution in [3.63, 3.8) is 0 Å². The Labute approximate surface area is 83.8 Å². The monoisotopic (exact) mass is 195 g/mol. The fourth-order valence-corrected chi connectivity index (χ4v) is 1.10. The van der Waals surface area contributed by atoms with Crippen molar-refractivity contribution in [2.75, 3.05) is 0 Å². The molecular weight excluding hydrogens is 182 g/mol. The van der Waals surface area contributed by atoms with E-state index in [1.807, 2.05) is 25.3 Å². The minimum atomic E-state index is 0.706. The van der Waals surface area contributed by atoms with Crippen molar-refractivity contribution in [3.05, 3.63) is 35.3 Å².